The van der Waals surface area contributed by atoms with Gasteiger partial charge in [-0.2, -0.15) is 5.11 Å². The normalized spacial score (nSPS) is 52.1. The van der Waals surface area contributed by atoms with Gasteiger partial charge in [0.15, 0.2) is 0 Å². The van der Waals surface area contributed by atoms with E-state index in [1.165, 1.54) is 37.0 Å². The average Bonchev–Trinajstić information content (AvgIpc) is 3.14. The number of aliphatic hydroxyl groups excluding tert-OH is 1. The molecular weight excluding hydrogens is 398 g/mol. The van der Waals surface area contributed by atoms with Crippen molar-refractivity contribution in [1.29, 1.82) is 0 Å². The summed E-state index contributed by atoms with van der Waals surface area (Å²) in [4.78, 5) is 0. The molecule has 176 valence electrons. The van der Waals surface area contributed by atoms with Gasteiger partial charge in [0, 0.05) is 5.92 Å². The standard InChI is InChI=1S/C27H41N3O2/c1-15-11-22(29-30-28-14-15)25-16(2)24-23(32-25)13-21-19-6-5-17-12-18(31)7-9-26(17,3)20(19)8-10-27(21,24)4/h5,15,18-24,31H,6-14H2,1-4H3,(H,28,29)/t15-,18+,19-,20+,21+,22?,23+,24+,26+,27+/m1/s1. The molecule has 5 heteroatoms. The molecule has 0 amide bonds. The van der Waals surface area contributed by atoms with E-state index in [4.69, 9.17) is 4.74 Å². The molecule has 0 radical (unpaired) electrons. The van der Waals surface area contributed by atoms with Gasteiger partial charge >= 0.3 is 0 Å². The number of allylic oxidation sites excluding steroid dienone is 1. The van der Waals surface area contributed by atoms with Crippen LogP contribution in [0.25, 0.3) is 0 Å². The molecule has 3 fully saturated rings. The summed E-state index contributed by atoms with van der Waals surface area (Å²) in [6, 6.07) is 0.174. The summed E-state index contributed by atoms with van der Waals surface area (Å²) < 4.78 is 6.79. The SMILES string of the molecule is CC1=C(C2C[C@@H](C)CN=NN2)O[C@H]2C[C@H]3[C@@H]4CC=C5C[C@@H](O)CC[C@]5(C)[C@H]4CC[C@]3(C)[C@@H]12. The van der Waals surface area contributed by atoms with E-state index < -0.39 is 0 Å². The fourth-order valence-corrected chi connectivity index (χ4v) is 9.27. The summed E-state index contributed by atoms with van der Waals surface area (Å²) in [6.45, 7) is 10.5. The van der Waals surface area contributed by atoms with Gasteiger partial charge in [-0.1, -0.05) is 37.6 Å². The van der Waals surface area contributed by atoms with Crippen LogP contribution in [0.5, 0.6) is 0 Å². The lowest BCUT2D eigenvalue weighted by Gasteiger charge is -2.57. The lowest BCUT2D eigenvalue weighted by Crippen LogP contribution is -2.50. The molecule has 5 nitrogen and oxygen atoms in total. The van der Waals surface area contributed by atoms with Crippen LogP contribution < -0.4 is 5.43 Å². The van der Waals surface area contributed by atoms with Crippen LogP contribution in [0.3, 0.4) is 0 Å². The molecule has 2 aliphatic heterocycles. The monoisotopic (exact) mass is 439 g/mol. The summed E-state index contributed by atoms with van der Waals surface area (Å²) >= 11 is 0. The van der Waals surface area contributed by atoms with Crippen molar-refractivity contribution in [2.24, 2.45) is 50.8 Å². The van der Waals surface area contributed by atoms with Gasteiger partial charge in [0.05, 0.1) is 12.6 Å². The fraction of sp³-hybridized carbons (Fsp3) is 0.852. The highest BCUT2D eigenvalue weighted by molar-refractivity contribution is 5.31. The predicted octanol–water partition coefficient (Wildman–Crippen LogP) is 5.57. The molecule has 10 atom stereocenters. The van der Waals surface area contributed by atoms with Crippen LogP contribution in [0.1, 0.15) is 79.1 Å². The number of nitrogens with zero attached hydrogens (tertiary/aromatic N) is 2. The van der Waals surface area contributed by atoms with Crippen molar-refractivity contribution < 1.29 is 9.84 Å². The smallest absolute Gasteiger partial charge is 0.120 e. The summed E-state index contributed by atoms with van der Waals surface area (Å²) in [5.74, 6) is 4.55. The molecule has 0 saturated heterocycles. The lowest BCUT2D eigenvalue weighted by molar-refractivity contribution is -0.0454. The molecule has 2 heterocycles. The maximum atomic E-state index is 10.3. The van der Waals surface area contributed by atoms with E-state index >= 15 is 0 Å². The van der Waals surface area contributed by atoms with Crippen LogP contribution in [0, 0.1) is 40.4 Å². The highest BCUT2D eigenvalue weighted by Gasteiger charge is 2.64. The largest absolute Gasteiger partial charge is 0.492 e. The van der Waals surface area contributed by atoms with Crippen LogP contribution in [-0.2, 0) is 4.74 Å². The third-order valence-electron chi connectivity index (χ3n) is 10.8. The first-order valence-corrected chi connectivity index (χ1v) is 13.2. The molecule has 0 aromatic carbocycles. The van der Waals surface area contributed by atoms with Crippen molar-refractivity contribution in [3.05, 3.63) is 23.0 Å². The van der Waals surface area contributed by atoms with Crippen molar-refractivity contribution in [2.75, 3.05) is 6.54 Å². The van der Waals surface area contributed by atoms with Crippen LogP contribution in [-0.4, -0.2) is 29.9 Å². The minimum Gasteiger partial charge on any atom is -0.492 e. The highest BCUT2D eigenvalue weighted by atomic mass is 16.5. The Kier molecular flexibility index (Phi) is 4.85. The average molecular weight is 440 g/mol. The van der Waals surface area contributed by atoms with Crippen molar-refractivity contribution in [3.8, 4) is 0 Å². The Balaban J connectivity index is 1.29. The topological polar surface area (TPSA) is 66.2 Å². The van der Waals surface area contributed by atoms with Gasteiger partial charge in [0.25, 0.3) is 0 Å². The van der Waals surface area contributed by atoms with Crippen molar-refractivity contribution in [2.45, 2.75) is 97.3 Å². The first-order valence-electron chi connectivity index (χ1n) is 13.2. The summed E-state index contributed by atoms with van der Waals surface area (Å²) in [5.41, 5.74) is 6.99. The fourth-order valence-electron chi connectivity index (χ4n) is 9.27. The maximum absolute atomic E-state index is 10.3. The molecule has 6 aliphatic rings. The Bertz CT molecular complexity index is 880. The number of nitrogens with one attached hydrogen (secondary N) is 1. The van der Waals surface area contributed by atoms with E-state index in [2.05, 4.69) is 49.5 Å². The predicted molar refractivity (Wildman–Crippen MR) is 125 cm³/mol. The number of rotatable bonds is 1. The molecule has 0 aromatic heterocycles. The molecule has 3 saturated carbocycles. The molecule has 6 rings (SSSR count). The Morgan fingerprint density at radius 2 is 2.00 bits per heavy atom. The summed E-state index contributed by atoms with van der Waals surface area (Å²) in [5, 5.41) is 18.7. The van der Waals surface area contributed by atoms with Crippen LogP contribution in [0.15, 0.2) is 33.3 Å². The molecule has 4 aliphatic carbocycles. The molecule has 0 bridgehead atoms. The third kappa shape index (κ3) is 2.91. The molecule has 1 unspecified atom stereocenters. The molecular formula is C27H41N3O2. The lowest BCUT2D eigenvalue weighted by atomic mass is 9.47. The highest BCUT2D eigenvalue weighted by Crippen LogP contribution is 2.68. The maximum Gasteiger partial charge on any atom is 0.120 e. The Labute approximate surface area is 193 Å². The minimum absolute atomic E-state index is 0.120. The Hall–Kier alpha value is -1.36. The Morgan fingerprint density at radius 3 is 2.84 bits per heavy atom. The van der Waals surface area contributed by atoms with Gasteiger partial charge in [-0.25, -0.2) is 0 Å². The second-order valence-corrected chi connectivity index (χ2v) is 12.6. The van der Waals surface area contributed by atoms with Crippen molar-refractivity contribution in [3.63, 3.8) is 0 Å². The second kappa shape index (κ2) is 7.32. The summed E-state index contributed by atoms with van der Waals surface area (Å²) in [6.07, 6.45) is 11.9. The van der Waals surface area contributed by atoms with Gasteiger partial charge in [-0.3, -0.25) is 5.43 Å². The van der Waals surface area contributed by atoms with Crippen molar-refractivity contribution >= 4 is 0 Å². The van der Waals surface area contributed by atoms with E-state index in [0.29, 0.717) is 28.8 Å². The Morgan fingerprint density at radius 1 is 1.16 bits per heavy atom. The number of aliphatic hydroxyl groups is 1. The van der Waals surface area contributed by atoms with Gasteiger partial charge in [-0.15, -0.1) is 0 Å². The van der Waals surface area contributed by atoms with Gasteiger partial charge < -0.3 is 9.84 Å². The molecule has 2 N–H and O–H groups in total. The van der Waals surface area contributed by atoms with Crippen LogP contribution >= 0.6 is 0 Å². The van der Waals surface area contributed by atoms with E-state index in [0.717, 1.165) is 50.0 Å². The number of ether oxygens (including phenoxy) is 1. The van der Waals surface area contributed by atoms with Gasteiger partial charge in [0.2, 0.25) is 0 Å². The first kappa shape index (κ1) is 21.2. The van der Waals surface area contributed by atoms with E-state index in [-0.39, 0.29) is 12.1 Å². The van der Waals surface area contributed by atoms with E-state index in [1.54, 1.807) is 5.57 Å². The number of fused-ring (bicyclic) bond motifs is 7. The van der Waals surface area contributed by atoms with Crippen LogP contribution in [0.4, 0.5) is 0 Å². The van der Waals surface area contributed by atoms with E-state index in [9.17, 15) is 5.11 Å². The zero-order chi connectivity index (χ0) is 22.3. The van der Waals surface area contributed by atoms with E-state index in [1.807, 2.05) is 0 Å². The minimum atomic E-state index is -0.120. The zero-order valence-electron chi connectivity index (χ0n) is 20.3. The van der Waals surface area contributed by atoms with Crippen molar-refractivity contribution in [1.82, 2.24) is 5.43 Å². The van der Waals surface area contributed by atoms with Gasteiger partial charge in [0.1, 0.15) is 17.9 Å². The second-order valence-electron chi connectivity index (χ2n) is 12.6. The first-order chi connectivity index (χ1) is 15.3. The summed E-state index contributed by atoms with van der Waals surface area (Å²) in [7, 11) is 0. The quantitative estimate of drug-likeness (QED) is 0.525. The van der Waals surface area contributed by atoms with Gasteiger partial charge in [-0.05, 0) is 98.4 Å². The molecule has 0 spiro atoms. The molecule has 0 aromatic rings. The number of hydrogen-bond donors (Lipinski definition) is 2. The molecule has 32 heavy (non-hydrogen) atoms. The van der Waals surface area contributed by atoms with Crippen LogP contribution in [0.2, 0.25) is 0 Å². The number of hydrogen-bond acceptors (Lipinski definition) is 5. The zero-order valence-corrected chi connectivity index (χ0v) is 20.3. The third-order valence-corrected chi connectivity index (χ3v) is 10.8.